The lowest BCUT2D eigenvalue weighted by Gasteiger charge is -2.23. The summed E-state index contributed by atoms with van der Waals surface area (Å²) in [5, 5.41) is 7.21. The van der Waals surface area contributed by atoms with Crippen molar-refractivity contribution < 1.29 is 4.39 Å². The van der Waals surface area contributed by atoms with E-state index < -0.39 is 0 Å². The van der Waals surface area contributed by atoms with Crippen LogP contribution in [0.2, 0.25) is 5.02 Å². The Kier molecular flexibility index (Phi) is 4.77. The quantitative estimate of drug-likeness (QED) is 0.866. The van der Waals surface area contributed by atoms with E-state index in [1.54, 1.807) is 12.1 Å². The van der Waals surface area contributed by atoms with Crippen LogP contribution in [-0.2, 0) is 6.54 Å². The standard InChI is InChI=1S/C13H18ClFN2/c14-12-5-3-6-13(15)11(12)9-16-8-10-4-1-2-7-17-10/h3,5-6,10,16-17H,1-2,4,7-9H2/t10-/m1/s1. The van der Waals surface area contributed by atoms with Gasteiger partial charge in [0, 0.05) is 29.7 Å². The molecule has 1 fully saturated rings. The third kappa shape index (κ3) is 3.66. The fourth-order valence-electron chi connectivity index (χ4n) is 2.17. The Hall–Kier alpha value is -0.640. The first-order chi connectivity index (χ1) is 8.27. The van der Waals surface area contributed by atoms with Gasteiger partial charge < -0.3 is 10.6 Å². The molecule has 1 saturated heterocycles. The highest BCUT2D eigenvalue weighted by Gasteiger charge is 2.12. The van der Waals surface area contributed by atoms with Crippen LogP contribution in [0.5, 0.6) is 0 Å². The van der Waals surface area contributed by atoms with E-state index in [1.807, 2.05) is 0 Å². The van der Waals surface area contributed by atoms with Crippen molar-refractivity contribution in [2.45, 2.75) is 31.8 Å². The van der Waals surface area contributed by atoms with E-state index in [-0.39, 0.29) is 5.82 Å². The smallest absolute Gasteiger partial charge is 0.129 e. The lowest BCUT2D eigenvalue weighted by atomic mass is 10.1. The first kappa shape index (κ1) is 12.8. The van der Waals surface area contributed by atoms with Crippen LogP contribution in [0.15, 0.2) is 18.2 Å². The molecule has 17 heavy (non-hydrogen) atoms. The summed E-state index contributed by atoms with van der Waals surface area (Å²) < 4.78 is 13.5. The summed E-state index contributed by atoms with van der Waals surface area (Å²) in [6.07, 6.45) is 3.73. The zero-order chi connectivity index (χ0) is 12.1. The summed E-state index contributed by atoms with van der Waals surface area (Å²) in [4.78, 5) is 0. The Labute approximate surface area is 107 Å². The lowest BCUT2D eigenvalue weighted by molar-refractivity contribution is 0.382. The van der Waals surface area contributed by atoms with Crippen molar-refractivity contribution in [2.24, 2.45) is 0 Å². The van der Waals surface area contributed by atoms with E-state index in [1.165, 1.54) is 25.3 Å². The summed E-state index contributed by atoms with van der Waals surface area (Å²) in [5.74, 6) is -0.235. The van der Waals surface area contributed by atoms with Crippen molar-refractivity contribution in [1.29, 1.82) is 0 Å². The summed E-state index contributed by atoms with van der Waals surface area (Å²) in [6.45, 7) is 2.45. The van der Waals surface area contributed by atoms with E-state index in [0.717, 1.165) is 13.1 Å². The van der Waals surface area contributed by atoms with E-state index in [0.29, 0.717) is 23.2 Å². The van der Waals surface area contributed by atoms with E-state index in [9.17, 15) is 4.39 Å². The Bertz CT molecular complexity index is 344. The Morgan fingerprint density at radius 2 is 2.29 bits per heavy atom. The zero-order valence-electron chi connectivity index (χ0n) is 9.81. The summed E-state index contributed by atoms with van der Waals surface area (Å²) in [7, 11) is 0. The Balaban J connectivity index is 1.81. The molecule has 1 aromatic carbocycles. The van der Waals surface area contributed by atoms with E-state index in [4.69, 9.17) is 11.6 Å². The minimum Gasteiger partial charge on any atom is -0.313 e. The van der Waals surface area contributed by atoms with Gasteiger partial charge in [0.15, 0.2) is 0 Å². The maximum Gasteiger partial charge on any atom is 0.129 e. The van der Waals surface area contributed by atoms with Gasteiger partial charge in [-0.15, -0.1) is 0 Å². The Morgan fingerprint density at radius 1 is 1.41 bits per heavy atom. The van der Waals surface area contributed by atoms with Crippen molar-refractivity contribution >= 4 is 11.6 Å². The van der Waals surface area contributed by atoms with E-state index in [2.05, 4.69) is 10.6 Å². The molecule has 0 bridgehead atoms. The molecule has 2 N–H and O–H groups in total. The molecule has 94 valence electrons. The van der Waals surface area contributed by atoms with Gasteiger partial charge in [0.1, 0.15) is 5.82 Å². The second-order valence-corrected chi connectivity index (χ2v) is 4.89. The van der Waals surface area contributed by atoms with Crippen molar-refractivity contribution in [3.8, 4) is 0 Å². The molecule has 4 heteroatoms. The van der Waals surface area contributed by atoms with Gasteiger partial charge >= 0.3 is 0 Å². The largest absolute Gasteiger partial charge is 0.313 e. The molecule has 1 aromatic rings. The average Bonchev–Trinajstić information content (AvgIpc) is 2.34. The van der Waals surface area contributed by atoms with Crippen LogP contribution in [-0.4, -0.2) is 19.1 Å². The highest BCUT2D eigenvalue weighted by Crippen LogP contribution is 2.18. The van der Waals surface area contributed by atoms with Gasteiger partial charge in [-0.05, 0) is 31.5 Å². The molecule has 0 radical (unpaired) electrons. The molecule has 1 heterocycles. The summed E-state index contributed by atoms with van der Waals surface area (Å²) in [5.41, 5.74) is 0.560. The second-order valence-electron chi connectivity index (χ2n) is 4.48. The van der Waals surface area contributed by atoms with Crippen molar-refractivity contribution in [1.82, 2.24) is 10.6 Å². The molecule has 1 aliphatic rings. The van der Waals surface area contributed by atoms with Crippen molar-refractivity contribution in [3.05, 3.63) is 34.6 Å². The fourth-order valence-corrected chi connectivity index (χ4v) is 2.40. The summed E-state index contributed by atoms with van der Waals surface area (Å²) in [6, 6.07) is 5.31. The predicted octanol–water partition coefficient (Wildman–Crippen LogP) is 2.71. The third-order valence-corrected chi connectivity index (χ3v) is 3.52. The van der Waals surface area contributed by atoms with Crippen LogP contribution in [0.25, 0.3) is 0 Å². The SMILES string of the molecule is Fc1cccc(Cl)c1CNC[C@H]1CCCCN1. The van der Waals surface area contributed by atoms with Crippen LogP contribution in [0.3, 0.4) is 0 Å². The van der Waals surface area contributed by atoms with Gasteiger partial charge in [-0.25, -0.2) is 4.39 Å². The van der Waals surface area contributed by atoms with Gasteiger partial charge in [-0.2, -0.15) is 0 Å². The molecule has 2 nitrogen and oxygen atoms in total. The molecular weight excluding hydrogens is 239 g/mol. The van der Waals surface area contributed by atoms with Crippen LogP contribution < -0.4 is 10.6 Å². The van der Waals surface area contributed by atoms with Gasteiger partial charge in [-0.1, -0.05) is 24.1 Å². The predicted molar refractivity (Wildman–Crippen MR) is 68.8 cm³/mol. The number of benzene rings is 1. The zero-order valence-corrected chi connectivity index (χ0v) is 10.6. The molecule has 0 spiro atoms. The van der Waals surface area contributed by atoms with E-state index >= 15 is 0 Å². The van der Waals surface area contributed by atoms with Gasteiger partial charge in [0.25, 0.3) is 0 Å². The topological polar surface area (TPSA) is 24.1 Å². The molecule has 0 saturated carbocycles. The van der Waals surface area contributed by atoms with Crippen LogP contribution in [0.1, 0.15) is 24.8 Å². The second kappa shape index (κ2) is 6.34. The normalized spacial score (nSPS) is 20.5. The third-order valence-electron chi connectivity index (χ3n) is 3.17. The highest BCUT2D eigenvalue weighted by molar-refractivity contribution is 6.31. The number of hydrogen-bond donors (Lipinski definition) is 2. The maximum absolute atomic E-state index is 13.5. The molecule has 1 aliphatic heterocycles. The van der Waals surface area contributed by atoms with Crippen LogP contribution >= 0.6 is 11.6 Å². The number of nitrogens with one attached hydrogen (secondary N) is 2. The number of rotatable bonds is 4. The first-order valence-electron chi connectivity index (χ1n) is 6.14. The van der Waals surface area contributed by atoms with Crippen LogP contribution in [0, 0.1) is 5.82 Å². The molecule has 0 unspecified atom stereocenters. The fraction of sp³-hybridized carbons (Fsp3) is 0.538. The average molecular weight is 257 g/mol. The number of halogens is 2. The molecule has 1 atom stereocenters. The molecule has 2 rings (SSSR count). The molecular formula is C13H18ClFN2. The van der Waals surface area contributed by atoms with Crippen molar-refractivity contribution in [2.75, 3.05) is 13.1 Å². The van der Waals surface area contributed by atoms with Gasteiger partial charge in [-0.3, -0.25) is 0 Å². The first-order valence-corrected chi connectivity index (χ1v) is 6.52. The molecule has 0 aromatic heterocycles. The molecule has 0 amide bonds. The Morgan fingerprint density at radius 3 is 3.00 bits per heavy atom. The highest BCUT2D eigenvalue weighted by atomic mass is 35.5. The maximum atomic E-state index is 13.5. The lowest BCUT2D eigenvalue weighted by Crippen LogP contribution is -2.41. The number of hydrogen-bond acceptors (Lipinski definition) is 2. The minimum absolute atomic E-state index is 0.235. The van der Waals surface area contributed by atoms with Crippen LogP contribution in [0.4, 0.5) is 4.39 Å². The van der Waals surface area contributed by atoms with Gasteiger partial charge in [0.05, 0.1) is 0 Å². The summed E-state index contributed by atoms with van der Waals surface area (Å²) >= 11 is 5.96. The minimum atomic E-state index is -0.235. The monoisotopic (exact) mass is 256 g/mol. The number of piperidine rings is 1. The van der Waals surface area contributed by atoms with Gasteiger partial charge in [0.2, 0.25) is 0 Å². The van der Waals surface area contributed by atoms with Crippen molar-refractivity contribution in [3.63, 3.8) is 0 Å². The molecule has 0 aliphatic carbocycles.